The third-order valence-electron chi connectivity index (χ3n) is 5.21. The van der Waals surface area contributed by atoms with Crippen molar-refractivity contribution in [3.63, 3.8) is 0 Å². The predicted octanol–water partition coefficient (Wildman–Crippen LogP) is 0.839. The quantitative estimate of drug-likeness (QED) is 0.871. The second-order valence-corrected chi connectivity index (χ2v) is 7.56. The first-order valence-electron chi connectivity index (χ1n) is 9.15. The van der Waals surface area contributed by atoms with Gasteiger partial charge in [-0.15, -0.1) is 0 Å². The van der Waals surface area contributed by atoms with E-state index in [-0.39, 0.29) is 29.8 Å². The van der Waals surface area contributed by atoms with Crippen LogP contribution in [0.15, 0.2) is 0 Å². The SMILES string of the molecule is CC(C)c1n[nH]c([C@@H]2CN(C(=O)[C@H]3CC(=O)N(C4CC4)C3)CCO2)n1. The summed E-state index contributed by atoms with van der Waals surface area (Å²) < 4.78 is 5.79. The Kier molecular flexibility index (Phi) is 4.23. The minimum Gasteiger partial charge on any atom is -0.367 e. The van der Waals surface area contributed by atoms with Gasteiger partial charge in [0.2, 0.25) is 11.8 Å². The highest BCUT2D eigenvalue weighted by Crippen LogP contribution is 2.33. The molecule has 1 saturated carbocycles. The number of carbonyl (C=O) groups excluding carboxylic acids is 2. The second kappa shape index (κ2) is 6.40. The van der Waals surface area contributed by atoms with Crippen LogP contribution < -0.4 is 0 Å². The highest BCUT2D eigenvalue weighted by Gasteiger charge is 2.43. The molecule has 3 fully saturated rings. The Balaban J connectivity index is 1.40. The largest absolute Gasteiger partial charge is 0.367 e. The molecule has 2 saturated heterocycles. The molecule has 4 rings (SSSR count). The number of H-pyrrole nitrogens is 1. The molecule has 2 aliphatic heterocycles. The maximum absolute atomic E-state index is 12.9. The average molecular weight is 347 g/mol. The Morgan fingerprint density at radius 1 is 1.32 bits per heavy atom. The zero-order chi connectivity index (χ0) is 17.6. The van der Waals surface area contributed by atoms with Crippen molar-refractivity contribution in [3.05, 3.63) is 11.6 Å². The van der Waals surface area contributed by atoms with Gasteiger partial charge in [0.15, 0.2) is 11.6 Å². The topological polar surface area (TPSA) is 91.4 Å². The van der Waals surface area contributed by atoms with E-state index < -0.39 is 0 Å². The lowest BCUT2D eigenvalue weighted by molar-refractivity contribution is -0.143. The van der Waals surface area contributed by atoms with Crippen molar-refractivity contribution in [1.29, 1.82) is 0 Å². The third kappa shape index (κ3) is 3.27. The Bertz CT molecular complexity index is 669. The van der Waals surface area contributed by atoms with E-state index in [2.05, 4.69) is 15.2 Å². The fourth-order valence-corrected chi connectivity index (χ4v) is 3.60. The molecule has 2 amide bonds. The van der Waals surface area contributed by atoms with Crippen LogP contribution in [-0.2, 0) is 14.3 Å². The summed E-state index contributed by atoms with van der Waals surface area (Å²) in [5.74, 6) is 1.64. The summed E-state index contributed by atoms with van der Waals surface area (Å²) >= 11 is 0. The van der Waals surface area contributed by atoms with E-state index >= 15 is 0 Å². The highest BCUT2D eigenvalue weighted by atomic mass is 16.5. The number of nitrogens with one attached hydrogen (secondary N) is 1. The van der Waals surface area contributed by atoms with Crippen molar-refractivity contribution in [2.75, 3.05) is 26.2 Å². The smallest absolute Gasteiger partial charge is 0.228 e. The fraction of sp³-hybridized carbons (Fsp3) is 0.765. The van der Waals surface area contributed by atoms with Gasteiger partial charge in [-0.1, -0.05) is 13.8 Å². The van der Waals surface area contributed by atoms with E-state index in [1.165, 1.54) is 0 Å². The van der Waals surface area contributed by atoms with Crippen molar-refractivity contribution in [2.45, 2.75) is 51.2 Å². The monoisotopic (exact) mass is 347 g/mol. The number of aromatic amines is 1. The van der Waals surface area contributed by atoms with Crippen molar-refractivity contribution >= 4 is 11.8 Å². The Morgan fingerprint density at radius 3 is 2.80 bits per heavy atom. The van der Waals surface area contributed by atoms with E-state index in [9.17, 15) is 9.59 Å². The van der Waals surface area contributed by atoms with Crippen LogP contribution >= 0.6 is 0 Å². The normalized spacial score (nSPS) is 27.4. The number of aromatic nitrogens is 3. The van der Waals surface area contributed by atoms with Gasteiger partial charge in [-0.3, -0.25) is 14.7 Å². The molecule has 1 aliphatic carbocycles. The summed E-state index contributed by atoms with van der Waals surface area (Å²) in [6.45, 7) is 6.14. The first-order chi connectivity index (χ1) is 12.0. The molecule has 8 nitrogen and oxygen atoms in total. The molecule has 0 radical (unpaired) electrons. The van der Waals surface area contributed by atoms with Gasteiger partial charge < -0.3 is 14.5 Å². The van der Waals surface area contributed by atoms with E-state index in [0.29, 0.717) is 44.5 Å². The Hall–Kier alpha value is -1.96. The lowest BCUT2D eigenvalue weighted by atomic mass is 10.1. The molecule has 1 aromatic rings. The zero-order valence-electron chi connectivity index (χ0n) is 14.8. The maximum Gasteiger partial charge on any atom is 0.228 e. The number of ether oxygens (including phenoxy) is 1. The predicted molar refractivity (Wildman–Crippen MR) is 88.6 cm³/mol. The van der Waals surface area contributed by atoms with Crippen LogP contribution in [0.2, 0.25) is 0 Å². The number of amides is 2. The molecule has 136 valence electrons. The van der Waals surface area contributed by atoms with Crippen molar-refractivity contribution in [3.8, 4) is 0 Å². The van der Waals surface area contributed by atoms with Gasteiger partial charge in [0.05, 0.1) is 19.1 Å². The van der Waals surface area contributed by atoms with Crippen LogP contribution in [0.3, 0.4) is 0 Å². The van der Waals surface area contributed by atoms with Gasteiger partial charge in [-0.25, -0.2) is 4.98 Å². The van der Waals surface area contributed by atoms with Gasteiger partial charge in [0.1, 0.15) is 6.10 Å². The molecule has 0 bridgehead atoms. The highest BCUT2D eigenvalue weighted by molar-refractivity contribution is 5.89. The van der Waals surface area contributed by atoms with E-state index in [4.69, 9.17) is 4.74 Å². The van der Waals surface area contributed by atoms with E-state index in [1.54, 1.807) is 0 Å². The lowest BCUT2D eigenvalue weighted by Crippen LogP contribution is -2.45. The molecule has 0 unspecified atom stereocenters. The van der Waals surface area contributed by atoms with Crippen molar-refractivity contribution in [2.24, 2.45) is 5.92 Å². The van der Waals surface area contributed by atoms with Crippen LogP contribution in [-0.4, -0.2) is 69.1 Å². The molecule has 2 atom stereocenters. The van der Waals surface area contributed by atoms with Gasteiger partial charge in [-0.05, 0) is 12.8 Å². The molecule has 3 heterocycles. The molecule has 0 spiro atoms. The zero-order valence-corrected chi connectivity index (χ0v) is 14.8. The number of likely N-dealkylation sites (tertiary alicyclic amines) is 1. The first kappa shape index (κ1) is 16.5. The summed E-state index contributed by atoms with van der Waals surface area (Å²) in [5, 5.41) is 7.15. The minimum atomic E-state index is -0.283. The summed E-state index contributed by atoms with van der Waals surface area (Å²) in [6.07, 6.45) is 2.22. The van der Waals surface area contributed by atoms with Crippen LogP contribution in [0.4, 0.5) is 0 Å². The van der Waals surface area contributed by atoms with Gasteiger partial charge in [0, 0.05) is 31.5 Å². The number of hydrogen-bond acceptors (Lipinski definition) is 5. The molecule has 8 heteroatoms. The number of carbonyl (C=O) groups is 2. The van der Waals surface area contributed by atoms with E-state index in [0.717, 1.165) is 18.7 Å². The molecular weight excluding hydrogens is 322 g/mol. The van der Waals surface area contributed by atoms with Gasteiger partial charge in [0.25, 0.3) is 0 Å². The van der Waals surface area contributed by atoms with Crippen molar-refractivity contribution in [1.82, 2.24) is 25.0 Å². The lowest BCUT2D eigenvalue weighted by Gasteiger charge is -2.33. The third-order valence-corrected chi connectivity index (χ3v) is 5.21. The van der Waals surface area contributed by atoms with Crippen LogP contribution in [0.5, 0.6) is 0 Å². The summed E-state index contributed by atoms with van der Waals surface area (Å²) in [5.41, 5.74) is 0. The Morgan fingerprint density at radius 2 is 2.12 bits per heavy atom. The molecular formula is C17H25N5O3. The second-order valence-electron chi connectivity index (χ2n) is 7.56. The molecule has 25 heavy (non-hydrogen) atoms. The number of rotatable bonds is 4. The van der Waals surface area contributed by atoms with Gasteiger partial charge >= 0.3 is 0 Å². The summed E-state index contributed by atoms with van der Waals surface area (Å²) in [6, 6.07) is 0.381. The van der Waals surface area contributed by atoms with E-state index in [1.807, 2.05) is 23.6 Å². The number of morpholine rings is 1. The molecule has 1 N–H and O–H groups in total. The van der Waals surface area contributed by atoms with Crippen LogP contribution in [0, 0.1) is 5.92 Å². The summed E-state index contributed by atoms with van der Waals surface area (Å²) in [7, 11) is 0. The number of nitrogens with zero attached hydrogens (tertiary/aromatic N) is 4. The Labute approximate surface area is 146 Å². The standard InChI is InChI=1S/C17H25N5O3/c1-10(2)15-18-16(20-19-15)13-9-21(5-6-25-13)17(24)11-7-14(23)22(8-11)12-3-4-12/h10-13H,3-9H2,1-2H3,(H,18,19,20)/t11-,13-/m0/s1. The minimum absolute atomic E-state index is 0.0633. The van der Waals surface area contributed by atoms with Crippen molar-refractivity contribution < 1.29 is 14.3 Å². The molecule has 3 aliphatic rings. The summed E-state index contributed by atoms with van der Waals surface area (Å²) in [4.78, 5) is 33.2. The van der Waals surface area contributed by atoms with Crippen LogP contribution in [0.25, 0.3) is 0 Å². The van der Waals surface area contributed by atoms with Gasteiger partial charge in [-0.2, -0.15) is 5.10 Å². The molecule has 0 aromatic carbocycles. The molecule has 1 aromatic heterocycles. The number of hydrogen-bond donors (Lipinski definition) is 1. The maximum atomic E-state index is 12.9. The average Bonchev–Trinajstić information content (AvgIpc) is 3.18. The van der Waals surface area contributed by atoms with Crippen LogP contribution in [0.1, 0.15) is 56.8 Å². The fourth-order valence-electron chi connectivity index (χ4n) is 3.60. The first-order valence-corrected chi connectivity index (χ1v) is 9.15.